The third-order valence-electron chi connectivity index (χ3n) is 4.89. The number of fused-ring (bicyclic) bond motifs is 4. The van der Waals surface area contributed by atoms with Crippen molar-refractivity contribution < 1.29 is 13.9 Å². The summed E-state index contributed by atoms with van der Waals surface area (Å²) in [6.45, 7) is 0.894. The summed E-state index contributed by atoms with van der Waals surface area (Å²) in [5, 5.41) is 9.66. The highest BCUT2D eigenvalue weighted by Crippen LogP contribution is 2.32. The van der Waals surface area contributed by atoms with E-state index in [1.165, 1.54) is 4.52 Å². The Morgan fingerprint density at radius 1 is 1.07 bits per heavy atom. The molecule has 144 valence electrons. The fraction of sp³-hybridized carbons (Fsp3) is 0.158. The van der Waals surface area contributed by atoms with Crippen LogP contribution in [0.2, 0.25) is 0 Å². The molecule has 0 fully saturated rings. The van der Waals surface area contributed by atoms with Crippen LogP contribution in [-0.2, 0) is 13.0 Å². The summed E-state index contributed by atoms with van der Waals surface area (Å²) in [4.78, 5) is 9.06. The summed E-state index contributed by atoms with van der Waals surface area (Å²) in [5.41, 5.74) is 8.51. The molecule has 0 aliphatic carbocycles. The van der Waals surface area contributed by atoms with Crippen molar-refractivity contribution in [1.82, 2.24) is 29.4 Å². The van der Waals surface area contributed by atoms with Crippen molar-refractivity contribution in [3.8, 4) is 23.1 Å². The number of aryl methyl sites for hydroxylation is 2. The summed E-state index contributed by atoms with van der Waals surface area (Å²) in [6, 6.07) is 9.51. The number of rotatable bonds is 4. The van der Waals surface area contributed by atoms with E-state index in [0.29, 0.717) is 29.4 Å². The number of benzene rings is 1. The number of nitrogens with zero attached hydrogens (tertiary/aromatic N) is 6. The molecule has 5 heterocycles. The van der Waals surface area contributed by atoms with Crippen molar-refractivity contribution in [1.29, 1.82) is 0 Å². The van der Waals surface area contributed by atoms with Crippen LogP contribution in [0.3, 0.4) is 0 Å². The first-order valence-electron chi connectivity index (χ1n) is 9.06. The van der Waals surface area contributed by atoms with Gasteiger partial charge in [0.2, 0.25) is 18.6 Å². The SMILES string of the molecule is Nc1nc2c(cnn2CCc2ccc3c(c2)OCO3)c2nc(-c3ccco3)nn12. The van der Waals surface area contributed by atoms with Crippen LogP contribution in [0.1, 0.15) is 5.56 Å². The maximum absolute atomic E-state index is 6.13. The molecule has 0 radical (unpaired) electrons. The predicted molar refractivity (Wildman–Crippen MR) is 102 cm³/mol. The van der Waals surface area contributed by atoms with Gasteiger partial charge in [0.25, 0.3) is 0 Å². The lowest BCUT2D eigenvalue weighted by atomic mass is 10.1. The quantitative estimate of drug-likeness (QED) is 0.497. The Morgan fingerprint density at radius 2 is 2.00 bits per heavy atom. The molecule has 10 nitrogen and oxygen atoms in total. The number of ether oxygens (including phenoxy) is 2. The van der Waals surface area contributed by atoms with Crippen LogP contribution < -0.4 is 15.2 Å². The second-order valence-corrected chi connectivity index (χ2v) is 6.66. The maximum atomic E-state index is 6.13. The van der Waals surface area contributed by atoms with E-state index in [1.807, 2.05) is 22.9 Å². The number of hydrogen-bond acceptors (Lipinski definition) is 8. The van der Waals surface area contributed by atoms with Gasteiger partial charge in [-0.1, -0.05) is 6.07 Å². The number of furan rings is 1. The molecule has 0 bridgehead atoms. The second kappa shape index (κ2) is 5.96. The third kappa shape index (κ3) is 2.49. The van der Waals surface area contributed by atoms with Gasteiger partial charge in [-0.3, -0.25) is 0 Å². The first kappa shape index (κ1) is 15.9. The largest absolute Gasteiger partial charge is 0.461 e. The van der Waals surface area contributed by atoms with E-state index >= 15 is 0 Å². The van der Waals surface area contributed by atoms with Gasteiger partial charge in [0, 0.05) is 6.54 Å². The van der Waals surface area contributed by atoms with E-state index in [9.17, 15) is 0 Å². The highest BCUT2D eigenvalue weighted by atomic mass is 16.7. The minimum absolute atomic E-state index is 0.239. The summed E-state index contributed by atoms with van der Waals surface area (Å²) in [7, 11) is 0. The zero-order valence-electron chi connectivity index (χ0n) is 15.1. The third-order valence-corrected chi connectivity index (χ3v) is 4.89. The predicted octanol–water partition coefficient (Wildman–Crippen LogP) is 2.29. The Balaban J connectivity index is 1.36. The van der Waals surface area contributed by atoms with Crippen molar-refractivity contribution in [2.24, 2.45) is 0 Å². The van der Waals surface area contributed by atoms with Crippen LogP contribution in [0.5, 0.6) is 11.5 Å². The van der Waals surface area contributed by atoms with Gasteiger partial charge < -0.3 is 19.6 Å². The second-order valence-electron chi connectivity index (χ2n) is 6.66. The van der Waals surface area contributed by atoms with Crippen molar-refractivity contribution >= 4 is 22.6 Å². The van der Waals surface area contributed by atoms with Crippen molar-refractivity contribution in [2.75, 3.05) is 12.5 Å². The molecule has 6 rings (SSSR count). The molecule has 0 amide bonds. The standard InChI is InChI=1S/C19H15N7O3/c20-19-23-17-12(18-22-16(24-26(18)19)14-2-1-7-27-14)9-21-25(17)6-5-11-3-4-13-15(8-11)29-10-28-13/h1-4,7-9H,5-6,10H2,(H2,20,23). The Bertz CT molecular complexity index is 1350. The molecule has 29 heavy (non-hydrogen) atoms. The Kier molecular flexibility index (Phi) is 3.27. The monoisotopic (exact) mass is 389 g/mol. The summed E-state index contributed by atoms with van der Waals surface area (Å²) < 4.78 is 19.5. The molecule has 2 N–H and O–H groups in total. The Hall–Kier alpha value is -4.08. The van der Waals surface area contributed by atoms with E-state index in [2.05, 4.69) is 20.2 Å². The number of nitrogens with two attached hydrogens (primary N) is 1. The van der Waals surface area contributed by atoms with Gasteiger partial charge >= 0.3 is 0 Å². The maximum Gasteiger partial charge on any atom is 0.231 e. The average Bonchev–Trinajstić information content (AvgIpc) is 3.51. The lowest BCUT2D eigenvalue weighted by molar-refractivity contribution is 0.174. The smallest absolute Gasteiger partial charge is 0.231 e. The van der Waals surface area contributed by atoms with E-state index < -0.39 is 0 Å². The van der Waals surface area contributed by atoms with E-state index in [-0.39, 0.29) is 12.7 Å². The summed E-state index contributed by atoms with van der Waals surface area (Å²) >= 11 is 0. The molecule has 0 atom stereocenters. The molecule has 0 saturated heterocycles. The van der Waals surface area contributed by atoms with Crippen LogP contribution >= 0.6 is 0 Å². The molecule has 1 aromatic carbocycles. The molecular formula is C19H15N7O3. The fourth-order valence-electron chi connectivity index (χ4n) is 3.46. The molecule has 1 aliphatic rings. The van der Waals surface area contributed by atoms with Crippen LogP contribution in [0.4, 0.5) is 5.95 Å². The molecule has 10 heteroatoms. The summed E-state index contributed by atoms with van der Waals surface area (Å²) in [6.07, 6.45) is 4.06. The van der Waals surface area contributed by atoms with Gasteiger partial charge in [-0.25, -0.2) is 9.67 Å². The Labute approximate surface area is 163 Å². The topological polar surface area (TPSA) is 119 Å². The normalized spacial score (nSPS) is 13.0. The van der Waals surface area contributed by atoms with Crippen LogP contribution in [0.15, 0.2) is 47.2 Å². The van der Waals surface area contributed by atoms with E-state index in [1.54, 1.807) is 24.6 Å². The van der Waals surface area contributed by atoms with Crippen LogP contribution in [0, 0.1) is 0 Å². The van der Waals surface area contributed by atoms with Crippen LogP contribution in [0.25, 0.3) is 28.3 Å². The summed E-state index contributed by atoms with van der Waals surface area (Å²) in [5.74, 6) is 2.79. The lowest BCUT2D eigenvalue weighted by Crippen LogP contribution is -2.07. The number of nitrogen functional groups attached to an aromatic ring is 1. The van der Waals surface area contributed by atoms with Gasteiger partial charge in [0.05, 0.1) is 17.8 Å². The molecule has 5 aromatic rings. The van der Waals surface area contributed by atoms with Gasteiger partial charge in [-0.2, -0.15) is 14.6 Å². The highest BCUT2D eigenvalue weighted by Gasteiger charge is 2.18. The molecule has 4 aromatic heterocycles. The number of hydrogen-bond donors (Lipinski definition) is 1. The number of anilines is 1. The molecule has 1 aliphatic heterocycles. The van der Waals surface area contributed by atoms with Gasteiger partial charge in [0.15, 0.2) is 28.6 Å². The lowest BCUT2D eigenvalue weighted by Gasteiger charge is -2.05. The van der Waals surface area contributed by atoms with Gasteiger partial charge in [-0.15, -0.1) is 5.10 Å². The fourth-order valence-corrected chi connectivity index (χ4v) is 3.46. The molecule has 0 saturated carbocycles. The molecule has 0 unspecified atom stereocenters. The van der Waals surface area contributed by atoms with E-state index in [0.717, 1.165) is 28.9 Å². The number of aromatic nitrogens is 6. The molecular weight excluding hydrogens is 374 g/mol. The highest BCUT2D eigenvalue weighted by molar-refractivity contribution is 5.90. The van der Waals surface area contributed by atoms with Gasteiger partial charge in [-0.05, 0) is 36.2 Å². The minimum Gasteiger partial charge on any atom is -0.461 e. The van der Waals surface area contributed by atoms with E-state index in [4.69, 9.17) is 19.6 Å². The Morgan fingerprint density at radius 3 is 2.90 bits per heavy atom. The zero-order chi connectivity index (χ0) is 19.4. The van der Waals surface area contributed by atoms with Crippen molar-refractivity contribution in [3.63, 3.8) is 0 Å². The van der Waals surface area contributed by atoms with Crippen LogP contribution in [-0.4, -0.2) is 36.2 Å². The first-order valence-corrected chi connectivity index (χ1v) is 9.06. The minimum atomic E-state index is 0.239. The van der Waals surface area contributed by atoms with Crippen molar-refractivity contribution in [3.05, 3.63) is 48.4 Å². The first-order chi connectivity index (χ1) is 14.3. The van der Waals surface area contributed by atoms with Gasteiger partial charge in [0.1, 0.15) is 0 Å². The zero-order valence-corrected chi connectivity index (χ0v) is 15.1. The average molecular weight is 389 g/mol. The molecule has 0 spiro atoms. The van der Waals surface area contributed by atoms with Crippen molar-refractivity contribution in [2.45, 2.75) is 13.0 Å².